The van der Waals surface area contributed by atoms with Gasteiger partial charge >= 0.3 is 0 Å². The summed E-state index contributed by atoms with van der Waals surface area (Å²) in [6, 6.07) is 5.99. The summed E-state index contributed by atoms with van der Waals surface area (Å²) in [7, 11) is 5.30. The number of methoxy groups -OCH3 is 1. The van der Waals surface area contributed by atoms with Gasteiger partial charge in [-0.05, 0) is 43.0 Å². The Hall–Kier alpha value is -1.07. The van der Waals surface area contributed by atoms with Gasteiger partial charge in [-0.15, -0.1) is 0 Å². The second-order valence-electron chi connectivity index (χ2n) is 4.59. The number of ether oxygens (including phenoxy) is 1. The Morgan fingerprint density at radius 1 is 1.37 bits per heavy atom. The van der Waals surface area contributed by atoms with Gasteiger partial charge in [0, 0.05) is 25.0 Å². The van der Waals surface area contributed by atoms with E-state index in [0.29, 0.717) is 6.42 Å². The standard InChI is InChI=1S/C14H21BrN2O2/c1-17(2)16-14(18)7-5-4-6-11-10-12(15)8-9-13(11)19-3/h8-10H,4-7H2,1-3H3,(H,16,18). The molecule has 0 radical (unpaired) electrons. The lowest BCUT2D eigenvalue weighted by Gasteiger charge is -2.12. The normalized spacial score (nSPS) is 10.6. The van der Waals surface area contributed by atoms with Crippen LogP contribution >= 0.6 is 15.9 Å². The Kier molecular flexibility index (Phi) is 6.87. The number of nitrogens with zero attached hydrogens (tertiary/aromatic N) is 1. The minimum atomic E-state index is 0.0613. The molecule has 106 valence electrons. The molecule has 5 heteroatoms. The Balaban J connectivity index is 2.37. The Morgan fingerprint density at radius 3 is 2.74 bits per heavy atom. The molecule has 1 amide bonds. The van der Waals surface area contributed by atoms with E-state index in [-0.39, 0.29) is 5.91 Å². The van der Waals surface area contributed by atoms with E-state index >= 15 is 0 Å². The van der Waals surface area contributed by atoms with E-state index in [1.807, 2.05) is 26.2 Å². The molecule has 1 N–H and O–H groups in total. The van der Waals surface area contributed by atoms with Crippen molar-refractivity contribution in [1.82, 2.24) is 10.4 Å². The quantitative estimate of drug-likeness (QED) is 0.618. The van der Waals surface area contributed by atoms with Crippen LogP contribution in [0.25, 0.3) is 0 Å². The van der Waals surface area contributed by atoms with E-state index in [1.165, 1.54) is 5.56 Å². The van der Waals surface area contributed by atoms with E-state index in [0.717, 1.165) is 29.5 Å². The van der Waals surface area contributed by atoms with E-state index < -0.39 is 0 Å². The van der Waals surface area contributed by atoms with Crippen LogP contribution in [-0.4, -0.2) is 32.1 Å². The highest BCUT2D eigenvalue weighted by molar-refractivity contribution is 9.10. The number of aryl methyl sites for hydroxylation is 1. The van der Waals surface area contributed by atoms with Crippen LogP contribution in [0.2, 0.25) is 0 Å². The smallest absolute Gasteiger partial charge is 0.234 e. The molecular weight excluding hydrogens is 308 g/mol. The summed E-state index contributed by atoms with van der Waals surface area (Å²) in [5.41, 5.74) is 3.91. The number of carbonyl (C=O) groups excluding carboxylic acids is 1. The predicted octanol–water partition coefficient (Wildman–Crippen LogP) is 2.76. The molecule has 1 rings (SSSR count). The van der Waals surface area contributed by atoms with Crippen molar-refractivity contribution in [2.24, 2.45) is 0 Å². The lowest BCUT2D eigenvalue weighted by atomic mass is 10.1. The molecule has 0 heterocycles. The summed E-state index contributed by atoms with van der Waals surface area (Å²) in [4.78, 5) is 11.5. The van der Waals surface area contributed by atoms with Crippen molar-refractivity contribution in [2.75, 3.05) is 21.2 Å². The molecule has 0 bridgehead atoms. The van der Waals surface area contributed by atoms with Gasteiger partial charge in [-0.25, -0.2) is 5.01 Å². The highest BCUT2D eigenvalue weighted by atomic mass is 79.9. The molecule has 1 aromatic carbocycles. The van der Waals surface area contributed by atoms with Gasteiger partial charge in [-0.2, -0.15) is 0 Å². The number of carbonyl (C=O) groups is 1. The minimum absolute atomic E-state index is 0.0613. The summed E-state index contributed by atoms with van der Waals surface area (Å²) in [6.45, 7) is 0. The zero-order chi connectivity index (χ0) is 14.3. The fourth-order valence-electron chi connectivity index (χ4n) is 1.85. The number of nitrogens with one attached hydrogen (secondary N) is 1. The average Bonchev–Trinajstić information content (AvgIpc) is 2.34. The molecule has 0 saturated heterocycles. The lowest BCUT2D eigenvalue weighted by molar-refractivity contribution is -0.124. The highest BCUT2D eigenvalue weighted by Crippen LogP contribution is 2.24. The summed E-state index contributed by atoms with van der Waals surface area (Å²) in [5.74, 6) is 0.965. The van der Waals surface area contributed by atoms with Crippen molar-refractivity contribution in [3.05, 3.63) is 28.2 Å². The number of rotatable bonds is 7. The van der Waals surface area contributed by atoms with Crippen LogP contribution in [0.5, 0.6) is 5.75 Å². The SMILES string of the molecule is COc1ccc(Br)cc1CCCCC(=O)NN(C)C. The van der Waals surface area contributed by atoms with Crippen LogP contribution < -0.4 is 10.2 Å². The van der Waals surface area contributed by atoms with Gasteiger partial charge in [0.1, 0.15) is 5.75 Å². The zero-order valence-electron chi connectivity index (χ0n) is 11.7. The van der Waals surface area contributed by atoms with Crippen molar-refractivity contribution < 1.29 is 9.53 Å². The predicted molar refractivity (Wildman–Crippen MR) is 80.1 cm³/mol. The van der Waals surface area contributed by atoms with E-state index in [1.54, 1.807) is 12.1 Å². The van der Waals surface area contributed by atoms with Crippen LogP contribution in [0.4, 0.5) is 0 Å². The summed E-state index contributed by atoms with van der Waals surface area (Å²) < 4.78 is 6.37. The topological polar surface area (TPSA) is 41.6 Å². The fourth-order valence-corrected chi connectivity index (χ4v) is 2.26. The van der Waals surface area contributed by atoms with Crippen LogP contribution in [0, 0.1) is 0 Å². The largest absolute Gasteiger partial charge is 0.496 e. The Bertz CT molecular complexity index is 422. The average molecular weight is 329 g/mol. The molecule has 0 aliphatic rings. The van der Waals surface area contributed by atoms with Gasteiger partial charge in [0.25, 0.3) is 0 Å². The second kappa shape index (κ2) is 8.17. The molecule has 0 fully saturated rings. The maximum Gasteiger partial charge on any atom is 0.234 e. The number of amides is 1. The number of hydrazine groups is 1. The van der Waals surface area contributed by atoms with Gasteiger partial charge in [-0.3, -0.25) is 10.2 Å². The maximum absolute atomic E-state index is 11.5. The summed E-state index contributed by atoms with van der Waals surface area (Å²) in [5, 5.41) is 1.67. The third-order valence-corrected chi connectivity index (χ3v) is 3.18. The van der Waals surface area contributed by atoms with Crippen LogP contribution in [-0.2, 0) is 11.2 Å². The number of benzene rings is 1. The van der Waals surface area contributed by atoms with E-state index in [4.69, 9.17) is 4.74 Å². The first-order chi connectivity index (χ1) is 9.02. The van der Waals surface area contributed by atoms with Gasteiger partial charge in [0.15, 0.2) is 0 Å². The lowest BCUT2D eigenvalue weighted by Crippen LogP contribution is -2.35. The third kappa shape index (κ3) is 6.07. The number of halogens is 1. The highest BCUT2D eigenvalue weighted by Gasteiger charge is 2.05. The Morgan fingerprint density at radius 2 is 2.11 bits per heavy atom. The fraction of sp³-hybridized carbons (Fsp3) is 0.500. The first-order valence-electron chi connectivity index (χ1n) is 6.32. The van der Waals surface area contributed by atoms with Crippen molar-refractivity contribution in [3.63, 3.8) is 0 Å². The molecule has 0 spiro atoms. The number of unbranched alkanes of at least 4 members (excludes halogenated alkanes) is 1. The number of hydrogen-bond acceptors (Lipinski definition) is 3. The molecule has 0 aliphatic carbocycles. The molecule has 19 heavy (non-hydrogen) atoms. The van der Waals surface area contributed by atoms with Crippen molar-refractivity contribution in [1.29, 1.82) is 0 Å². The maximum atomic E-state index is 11.5. The first-order valence-corrected chi connectivity index (χ1v) is 7.11. The van der Waals surface area contributed by atoms with E-state index in [2.05, 4.69) is 27.4 Å². The monoisotopic (exact) mass is 328 g/mol. The molecule has 0 aliphatic heterocycles. The molecular formula is C14H21BrN2O2. The number of hydrogen-bond donors (Lipinski definition) is 1. The molecule has 1 aromatic rings. The molecule has 4 nitrogen and oxygen atoms in total. The van der Waals surface area contributed by atoms with Gasteiger partial charge in [0.2, 0.25) is 5.91 Å². The molecule has 0 atom stereocenters. The molecule has 0 unspecified atom stereocenters. The summed E-state index contributed by atoms with van der Waals surface area (Å²) in [6.07, 6.45) is 3.30. The molecule has 0 aromatic heterocycles. The van der Waals surface area contributed by atoms with Crippen LogP contribution in [0.1, 0.15) is 24.8 Å². The van der Waals surface area contributed by atoms with Crippen molar-refractivity contribution >= 4 is 21.8 Å². The van der Waals surface area contributed by atoms with Crippen LogP contribution in [0.15, 0.2) is 22.7 Å². The van der Waals surface area contributed by atoms with Crippen molar-refractivity contribution in [3.8, 4) is 5.75 Å². The minimum Gasteiger partial charge on any atom is -0.496 e. The third-order valence-electron chi connectivity index (χ3n) is 2.69. The zero-order valence-corrected chi connectivity index (χ0v) is 13.3. The molecule has 0 saturated carbocycles. The summed E-state index contributed by atoms with van der Waals surface area (Å²) >= 11 is 3.46. The van der Waals surface area contributed by atoms with Crippen LogP contribution in [0.3, 0.4) is 0 Å². The van der Waals surface area contributed by atoms with Gasteiger partial charge in [-0.1, -0.05) is 15.9 Å². The van der Waals surface area contributed by atoms with Gasteiger partial charge in [0.05, 0.1) is 7.11 Å². The van der Waals surface area contributed by atoms with Gasteiger partial charge < -0.3 is 4.74 Å². The van der Waals surface area contributed by atoms with Crippen molar-refractivity contribution in [2.45, 2.75) is 25.7 Å². The Labute approximate surface area is 123 Å². The first kappa shape index (κ1) is 16.0. The second-order valence-corrected chi connectivity index (χ2v) is 5.51. The van der Waals surface area contributed by atoms with E-state index in [9.17, 15) is 4.79 Å².